The van der Waals surface area contributed by atoms with Crippen molar-refractivity contribution in [2.24, 2.45) is 0 Å². The quantitative estimate of drug-likeness (QED) is 0.939. The van der Waals surface area contributed by atoms with Gasteiger partial charge in [-0.05, 0) is 24.8 Å². The summed E-state index contributed by atoms with van der Waals surface area (Å²) in [6.07, 6.45) is 4.60. The Hall–Kier alpha value is -1.88. The molecule has 1 saturated heterocycles. The maximum atomic E-state index is 6.12. The monoisotopic (exact) mass is 313 g/mol. The van der Waals surface area contributed by atoms with E-state index in [1.165, 1.54) is 18.4 Å². The summed E-state index contributed by atoms with van der Waals surface area (Å²) < 4.78 is 11.3. The molecule has 5 heteroatoms. The Morgan fingerprint density at radius 2 is 1.96 bits per heavy atom. The highest BCUT2D eigenvalue weighted by atomic mass is 16.6. The van der Waals surface area contributed by atoms with Gasteiger partial charge in [-0.1, -0.05) is 20.8 Å². The van der Waals surface area contributed by atoms with Gasteiger partial charge in [-0.15, -0.1) is 0 Å². The van der Waals surface area contributed by atoms with Crippen molar-refractivity contribution in [3.63, 3.8) is 0 Å². The van der Waals surface area contributed by atoms with Gasteiger partial charge < -0.3 is 9.47 Å². The fraction of sp³-hybridized carbons (Fsp3) is 0.556. The van der Waals surface area contributed by atoms with Crippen molar-refractivity contribution in [3.05, 3.63) is 29.6 Å². The second-order valence-electron chi connectivity index (χ2n) is 7.58. The molecular formula is C18H23N3O2. The van der Waals surface area contributed by atoms with Crippen LogP contribution in [-0.4, -0.2) is 34.5 Å². The molecule has 0 bridgehead atoms. The van der Waals surface area contributed by atoms with E-state index in [0.717, 1.165) is 22.8 Å². The number of aromatic nitrogens is 3. The number of hydrogen-bond donors (Lipinski definition) is 1. The van der Waals surface area contributed by atoms with Crippen molar-refractivity contribution in [2.45, 2.75) is 51.0 Å². The van der Waals surface area contributed by atoms with Crippen molar-refractivity contribution < 1.29 is 9.47 Å². The largest absolute Gasteiger partial charge is 0.485 e. The maximum absolute atomic E-state index is 6.12. The highest BCUT2D eigenvalue weighted by Crippen LogP contribution is 2.45. The average molecular weight is 313 g/mol. The van der Waals surface area contributed by atoms with Crippen molar-refractivity contribution in [1.82, 2.24) is 15.2 Å². The number of hydrogen-bond acceptors (Lipinski definition) is 4. The van der Waals surface area contributed by atoms with E-state index in [4.69, 9.17) is 9.47 Å². The topological polar surface area (TPSA) is 60.0 Å². The van der Waals surface area contributed by atoms with E-state index in [2.05, 4.69) is 42.0 Å². The molecule has 122 valence electrons. The molecule has 2 aliphatic rings. The third-order valence-corrected chi connectivity index (χ3v) is 4.46. The summed E-state index contributed by atoms with van der Waals surface area (Å²) in [6, 6.07) is 4.12. The molecule has 1 aliphatic carbocycles. The van der Waals surface area contributed by atoms with Crippen molar-refractivity contribution >= 4 is 0 Å². The minimum absolute atomic E-state index is 0.0435. The van der Waals surface area contributed by atoms with Gasteiger partial charge in [-0.3, -0.25) is 10.1 Å². The van der Waals surface area contributed by atoms with E-state index >= 15 is 0 Å². The van der Waals surface area contributed by atoms with E-state index in [1.54, 1.807) is 0 Å². The van der Waals surface area contributed by atoms with Crippen molar-refractivity contribution in [1.29, 1.82) is 0 Å². The standard InChI is InChI=1S/C18H23N3O2/c1-18(2,3)17-7-15(20-21-17)14-6-16(23-12-9-22-10-12)13(8-19-14)11-4-5-11/h6-8,11-12H,4-5,9-10H2,1-3H3,(H,20,21). The van der Waals surface area contributed by atoms with Crippen molar-refractivity contribution in [2.75, 3.05) is 13.2 Å². The van der Waals surface area contributed by atoms with E-state index in [1.807, 2.05) is 12.3 Å². The highest BCUT2D eigenvalue weighted by molar-refractivity contribution is 5.58. The first-order valence-corrected chi connectivity index (χ1v) is 8.31. The fourth-order valence-corrected chi connectivity index (χ4v) is 2.69. The van der Waals surface area contributed by atoms with Crippen LogP contribution in [-0.2, 0) is 10.2 Å². The van der Waals surface area contributed by atoms with E-state index in [0.29, 0.717) is 19.1 Å². The number of nitrogens with zero attached hydrogens (tertiary/aromatic N) is 2. The number of ether oxygens (including phenoxy) is 2. The molecule has 0 aromatic carbocycles. The summed E-state index contributed by atoms with van der Waals surface area (Å²) in [5.41, 5.74) is 4.10. The average Bonchev–Trinajstić information content (AvgIpc) is 3.17. The van der Waals surface area contributed by atoms with Gasteiger partial charge in [-0.2, -0.15) is 5.10 Å². The predicted molar refractivity (Wildman–Crippen MR) is 87.7 cm³/mol. The van der Waals surface area contributed by atoms with Gasteiger partial charge in [0.05, 0.1) is 18.9 Å². The third kappa shape index (κ3) is 2.98. The second-order valence-corrected chi connectivity index (χ2v) is 7.58. The summed E-state index contributed by atoms with van der Waals surface area (Å²) in [7, 11) is 0. The minimum atomic E-state index is 0.0435. The molecule has 0 unspecified atom stereocenters. The minimum Gasteiger partial charge on any atom is -0.485 e. The molecule has 3 heterocycles. The molecule has 5 nitrogen and oxygen atoms in total. The molecule has 23 heavy (non-hydrogen) atoms. The van der Waals surface area contributed by atoms with Gasteiger partial charge in [0.2, 0.25) is 0 Å². The van der Waals surface area contributed by atoms with Crippen LogP contribution in [0.3, 0.4) is 0 Å². The molecule has 2 aromatic rings. The number of pyridine rings is 1. The van der Waals surface area contributed by atoms with E-state index in [-0.39, 0.29) is 11.5 Å². The first-order chi connectivity index (χ1) is 11.0. The van der Waals surface area contributed by atoms with Crippen LogP contribution in [0.1, 0.15) is 50.8 Å². The Bertz CT molecular complexity index is 709. The normalized spacial score (nSPS) is 18.7. The number of rotatable bonds is 4. The van der Waals surface area contributed by atoms with Gasteiger partial charge in [0.25, 0.3) is 0 Å². The molecule has 4 rings (SSSR count). The summed E-state index contributed by atoms with van der Waals surface area (Å²) in [5.74, 6) is 1.56. The Labute approximate surface area is 136 Å². The predicted octanol–water partition coefficient (Wildman–Crippen LogP) is 3.42. The SMILES string of the molecule is CC(C)(C)c1cc(-c2cc(OC3COC3)c(C3CC3)cn2)n[nH]1. The number of aromatic amines is 1. The second kappa shape index (κ2) is 5.34. The van der Waals surface area contributed by atoms with Gasteiger partial charge in [0, 0.05) is 28.9 Å². The summed E-state index contributed by atoms with van der Waals surface area (Å²) in [5, 5.41) is 7.56. The number of nitrogens with one attached hydrogen (secondary N) is 1. The van der Waals surface area contributed by atoms with Crippen LogP contribution in [0.25, 0.3) is 11.4 Å². The first kappa shape index (κ1) is 14.7. The zero-order chi connectivity index (χ0) is 16.0. The molecule has 1 saturated carbocycles. The molecule has 0 radical (unpaired) electrons. The van der Waals surface area contributed by atoms with E-state index < -0.39 is 0 Å². The van der Waals surface area contributed by atoms with Crippen LogP contribution < -0.4 is 4.74 Å². The van der Waals surface area contributed by atoms with E-state index in [9.17, 15) is 0 Å². The number of H-pyrrole nitrogens is 1. The Balaban J connectivity index is 1.65. The molecule has 0 spiro atoms. The maximum Gasteiger partial charge on any atom is 0.145 e. The van der Waals surface area contributed by atoms with Gasteiger partial charge in [0.15, 0.2) is 0 Å². The first-order valence-electron chi connectivity index (χ1n) is 8.31. The molecule has 1 aliphatic heterocycles. The van der Waals surface area contributed by atoms with Gasteiger partial charge in [-0.25, -0.2) is 0 Å². The van der Waals surface area contributed by atoms with Crippen LogP contribution >= 0.6 is 0 Å². The summed E-state index contributed by atoms with van der Waals surface area (Å²) >= 11 is 0. The lowest BCUT2D eigenvalue weighted by molar-refractivity contribution is -0.0800. The van der Waals surface area contributed by atoms with Gasteiger partial charge >= 0.3 is 0 Å². The fourth-order valence-electron chi connectivity index (χ4n) is 2.69. The molecule has 0 amide bonds. The van der Waals surface area contributed by atoms with Crippen LogP contribution in [0.15, 0.2) is 18.3 Å². The smallest absolute Gasteiger partial charge is 0.145 e. The molecule has 1 N–H and O–H groups in total. The lowest BCUT2D eigenvalue weighted by atomic mass is 9.92. The zero-order valence-corrected chi connectivity index (χ0v) is 13.9. The van der Waals surface area contributed by atoms with Crippen LogP contribution in [0.4, 0.5) is 0 Å². The zero-order valence-electron chi connectivity index (χ0n) is 13.9. The molecular weight excluding hydrogens is 290 g/mol. The third-order valence-electron chi connectivity index (χ3n) is 4.46. The Morgan fingerprint density at radius 1 is 1.17 bits per heavy atom. The molecule has 2 fully saturated rings. The Kier molecular flexibility index (Phi) is 3.41. The summed E-state index contributed by atoms with van der Waals surface area (Å²) in [6.45, 7) is 7.85. The lowest BCUT2D eigenvalue weighted by Gasteiger charge is -2.27. The van der Waals surface area contributed by atoms with Crippen LogP contribution in [0, 0.1) is 0 Å². The van der Waals surface area contributed by atoms with Crippen molar-refractivity contribution in [3.8, 4) is 17.1 Å². The molecule has 0 atom stereocenters. The molecule has 2 aromatic heterocycles. The van der Waals surface area contributed by atoms with Crippen LogP contribution in [0.5, 0.6) is 5.75 Å². The highest BCUT2D eigenvalue weighted by Gasteiger charge is 2.30. The van der Waals surface area contributed by atoms with Crippen LogP contribution in [0.2, 0.25) is 0 Å². The summed E-state index contributed by atoms with van der Waals surface area (Å²) in [4.78, 5) is 4.62. The lowest BCUT2D eigenvalue weighted by Crippen LogP contribution is -2.38. The Morgan fingerprint density at radius 3 is 2.52 bits per heavy atom. The van der Waals surface area contributed by atoms with Gasteiger partial charge in [0.1, 0.15) is 17.5 Å².